The molecule has 0 unspecified atom stereocenters. The highest BCUT2D eigenvalue weighted by atomic mass is 16.6. The van der Waals surface area contributed by atoms with Crippen LogP contribution in [-0.2, 0) is 4.79 Å². The van der Waals surface area contributed by atoms with Crippen molar-refractivity contribution in [2.24, 2.45) is 0 Å². The molecule has 6 heteroatoms. The average molecular weight is 337 g/mol. The second-order valence-electron chi connectivity index (χ2n) is 5.83. The lowest BCUT2D eigenvalue weighted by Crippen LogP contribution is -2.48. The van der Waals surface area contributed by atoms with E-state index in [2.05, 4.69) is 17.0 Å². The van der Waals surface area contributed by atoms with Crippen molar-refractivity contribution >= 4 is 23.4 Å². The Labute approximate surface area is 146 Å². The molecule has 0 aliphatic carbocycles. The molecule has 0 atom stereocenters. The first kappa shape index (κ1) is 16.7. The molecule has 0 aromatic heterocycles. The summed E-state index contributed by atoms with van der Waals surface area (Å²) in [4.78, 5) is 26.7. The number of hydrogen-bond donors (Lipinski definition) is 0. The normalized spacial score (nSPS) is 14.7. The summed E-state index contributed by atoms with van der Waals surface area (Å²) < 4.78 is 0. The zero-order valence-electron chi connectivity index (χ0n) is 13.7. The fourth-order valence-corrected chi connectivity index (χ4v) is 2.84. The van der Waals surface area contributed by atoms with E-state index >= 15 is 0 Å². The van der Waals surface area contributed by atoms with Crippen LogP contribution >= 0.6 is 0 Å². The molecule has 3 rings (SSSR count). The second-order valence-corrected chi connectivity index (χ2v) is 5.83. The van der Waals surface area contributed by atoms with Gasteiger partial charge in [-0.3, -0.25) is 14.9 Å². The van der Waals surface area contributed by atoms with Crippen molar-refractivity contribution in [3.05, 3.63) is 76.4 Å². The van der Waals surface area contributed by atoms with Crippen molar-refractivity contribution in [2.45, 2.75) is 0 Å². The van der Waals surface area contributed by atoms with E-state index in [4.69, 9.17) is 0 Å². The highest BCUT2D eigenvalue weighted by molar-refractivity contribution is 5.92. The maximum atomic E-state index is 12.3. The van der Waals surface area contributed by atoms with Crippen molar-refractivity contribution in [1.29, 1.82) is 0 Å². The van der Waals surface area contributed by atoms with Gasteiger partial charge in [0.2, 0.25) is 5.91 Å². The molecule has 1 aliphatic heterocycles. The van der Waals surface area contributed by atoms with E-state index in [0.717, 1.165) is 13.1 Å². The number of nitro benzene ring substituents is 1. The molecule has 0 bridgehead atoms. The van der Waals surface area contributed by atoms with Crippen LogP contribution in [-0.4, -0.2) is 41.9 Å². The summed E-state index contributed by atoms with van der Waals surface area (Å²) in [6, 6.07) is 16.4. The summed E-state index contributed by atoms with van der Waals surface area (Å²) in [5.74, 6) is -0.0702. The lowest BCUT2D eigenvalue weighted by atomic mass is 10.2. The Morgan fingerprint density at radius 1 is 1.00 bits per heavy atom. The molecule has 128 valence electrons. The zero-order valence-corrected chi connectivity index (χ0v) is 13.7. The largest absolute Gasteiger partial charge is 0.368 e. The third kappa shape index (κ3) is 4.23. The van der Waals surface area contributed by atoms with E-state index in [9.17, 15) is 14.9 Å². The standard InChI is InChI=1S/C19H19N3O3/c23-19(10-9-16-5-4-8-18(15-16)22(24)25)21-13-11-20(12-14-21)17-6-2-1-3-7-17/h1-10,15H,11-14H2/b10-9+. The van der Waals surface area contributed by atoms with Crippen molar-refractivity contribution in [3.8, 4) is 0 Å². The van der Waals surface area contributed by atoms with Gasteiger partial charge in [0, 0.05) is 50.1 Å². The molecule has 6 nitrogen and oxygen atoms in total. The van der Waals surface area contributed by atoms with E-state index < -0.39 is 4.92 Å². The Hall–Kier alpha value is -3.15. The number of anilines is 1. The monoisotopic (exact) mass is 337 g/mol. The number of nitro groups is 1. The van der Waals surface area contributed by atoms with E-state index in [1.165, 1.54) is 23.9 Å². The SMILES string of the molecule is O=C(/C=C/c1cccc([N+](=O)[O-])c1)N1CCN(c2ccccc2)CC1. The lowest BCUT2D eigenvalue weighted by molar-refractivity contribution is -0.384. The van der Waals surface area contributed by atoms with Gasteiger partial charge in [-0.15, -0.1) is 0 Å². The number of amides is 1. The summed E-state index contributed by atoms with van der Waals surface area (Å²) in [6.07, 6.45) is 3.11. The molecule has 0 N–H and O–H groups in total. The molecule has 1 amide bonds. The minimum atomic E-state index is -0.442. The van der Waals surface area contributed by atoms with Gasteiger partial charge < -0.3 is 9.80 Å². The van der Waals surface area contributed by atoms with Gasteiger partial charge in [0.15, 0.2) is 0 Å². The molecule has 1 heterocycles. The second kappa shape index (κ2) is 7.61. The van der Waals surface area contributed by atoms with Crippen LogP contribution in [0.25, 0.3) is 6.08 Å². The molecule has 2 aromatic carbocycles. The Kier molecular flexibility index (Phi) is 5.09. The molecule has 1 aliphatic rings. The smallest absolute Gasteiger partial charge is 0.270 e. The zero-order chi connectivity index (χ0) is 17.6. The number of carbonyl (C=O) groups is 1. The van der Waals surface area contributed by atoms with Gasteiger partial charge in [-0.2, -0.15) is 0 Å². The molecule has 0 spiro atoms. The predicted molar refractivity (Wildman–Crippen MR) is 97.4 cm³/mol. The third-order valence-electron chi connectivity index (χ3n) is 4.21. The number of nitrogens with zero attached hydrogens (tertiary/aromatic N) is 3. The third-order valence-corrected chi connectivity index (χ3v) is 4.21. The molecule has 25 heavy (non-hydrogen) atoms. The van der Waals surface area contributed by atoms with Crippen LogP contribution in [0.15, 0.2) is 60.7 Å². The van der Waals surface area contributed by atoms with E-state index in [-0.39, 0.29) is 11.6 Å². The average Bonchev–Trinajstić information content (AvgIpc) is 2.67. The summed E-state index contributed by atoms with van der Waals surface area (Å²) in [5.41, 5.74) is 1.83. The molecule has 2 aromatic rings. The topological polar surface area (TPSA) is 66.7 Å². The number of piperazine rings is 1. The highest BCUT2D eigenvalue weighted by Gasteiger charge is 2.19. The number of carbonyl (C=O) groups excluding carboxylic acids is 1. The Morgan fingerprint density at radius 3 is 2.40 bits per heavy atom. The summed E-state index contributed by atoms with van der Waals surface area (Å²) in [7, 11) is 0. The molecule has 1 saturated heterocycles. The van der Waals surface area contributed by atoms with Crippen LogP contribution < -0.4 is 4.90 Å². The Morgan fingerprint density at radius 2 is 1.72 bits per heavy atom. The van der Waals surface area contributed by atoms with Gasteiger partial charge in [0.1, 0.15) is 0 Å². The van der Waals surface area contributed by atoms with Gasteiger partial charge in [0.05, 0.1) is 4.92 Å². The van der Waals surface area contributed by atoms with E-state index in [0.29, 0.717) is 18.7 Å². The van der Waals surface area contributed by atoms with Gasteiger partial charge in [-0.05, 0) is 23.8 Å². The van der Waals surface area contributed by atoms with Crippen LogP contribution in [0.5, 0.6) is 0 Å². The molecule has 0 radical (unpaired) electrons. The minimum Gasteiger partial charge on any atom is -0.368 e. The molecular weight excluding hydrogens is 318 g/mol. The molecule has 1 fully saturated rings. The van der Waals surface area contributed by atoms with Crippen molar-refractivity contribution in [1.82, 2.24) is 4.90 Å². The van der Waals surface area contributed by atoms with Crippen molar-refractivity contribution < 1.29 is 9.72 Å². The van der Waals surface area contributed by atoms with E-state index in [1.807, 2.05) is 18.2 Å². The number of non-ortho nitro benzene ring substituents is 1. The quantitative estimate of drug-likeness (QED) is 0.489. The summed E-state index contributed by atoms with van der Waals surface area (Å²) in [6.45, 7) is 2.90. The lowest BCUT2D eigenvalue weighted by Gasteiger charge is -2.35. The minimum absolute atomic E-state index is 0.0195. The Balaban J connectivity index is 1.58. The number of rotatable bonds is 4. The highest BCUT2D eigenvalue weighted by Crippen LogP contribution is 2.17. The maximum Gasteiger partial charge on any atom is 0.270 e. The number of hydrogen-bond acceptors (Lipinski definition) is 4. The first-order valence-corrected chi connectivity index (χ1v) is 8.15. The van der Waals surface area contributed by atoms with Gasteiger partial charge >= 0.3 is 0 Å². The Bertz CT molecular complexity index is 782. The molecule has 0 saturated carbocycles. The number of benzene rings is 2. The maximum absolute atomic E-state index is 12.3. The van der Waals surface area contributed by atoms with Crippen LogP contribution in [0.2, 0.25) is 0 Å². The van der Waals surface area contributed by atoms with Gasteiger partial charge in [-0.1, -0.05) is 30.3 Å². The van der Waals surface area contributed by atoms with Crippen LogP contribution in [0.1, 0.15) is 5.56 Å². The summed E-state index contributed by atoms with van der Waals surface area (Å²) in [5, 5.41) is 10.8. The fourth-order valence-electron chi connectivity index (χ4n) is 2.84. The first-order valence-electron chi connectivity index (χ1n) is 8.15. The van der Waals surface area contributed by atoms with E-state index in [1.54, 1.807) is 23.1 Å². The van der Waals surface area contributed by atoms with Crippen LogP contribution in [0, 0.1) is 10.1 Å². The predicted octanol–water partition coefficient (Wildman–Crippen LogP) is 2.96. The fraction of sp³-hybridized carbons (Fsp3) is 0.211. The van der Waals surface area contributed by atoms with Crippen LogP contribution in [0.3, 0.4) is 0 Å². The van der Waals surface area contributed by atoms with Crippen LogP contribution in [0.4, 0.5) is 11.4 Å². The number of para-hydroxylation sites is 1. The summed E-state index contributed by atoms with van der Waals surface area (Å²) >= 11 is 0. The van der Waals surface area contributed by atoms with Gasteiger partial charge in [0.25, 0.3) is 5.69 Å². The first-order chi connectivity index (χ1) is 12.1. The molecular formula is C19H19N3O3. The van der Waals surface area contributed by atoms with Crippen molar-refractivity contribution in [2.75, 3.05) is 31.1 Å². The van der Waals surface area contributed by atoms with Crippen molar-refractivity contribution in [3.63, 3.8) is 0 Å². The van der Waals surface area contributed by atoms with Gasteiger partial charge in [-0.25, -0.2) is 0 Å².